The summed E-state index contributed by atoms with van der Waals surface area (Å²) in [6.07, 6.45) is 6.27. The first-order chi connectivity index (χ1) is 17.5. The second kappa shape index (κ2) is 7.67. The number of allylic oxidation sites excluding steroid dienone is 3. The Morgan fingerprint density at radius 3 is 2.06 bits per heavy atom. The number of nitrogens with zero attached hydrogens (tertiary/aromatic N) is 3. The van der Waals surface area contributed by atoms with E-state index in [1.54, 1.807) is 19.2 Å². The number of hydrogen-bond acceptors (Lipinski definition) is 5. The molecule has 1 aliphatic heterocycles. The van der Waals surface area contributed by atoms with Crippen LogP contribution in [0.2, 0.25) is 0 Å². The Hall–Kier alpha value is -4.16. The monoisotopic (exact) mass is 475 g/mol. The van der Waals surface area contributed by atoms with E-state index in [9.17, 15) is 20.1 Å². The van der Waals surface area contributed by atoms with Crippen molar-refractivity contribution in [1.82, 2.24) is 0 Å². The Balaban J connectivity index is 1.53. The Kier molecular flexibility index (Phi) is 4.75. The molecule has 2 aromatic carbocycles. The largest absolute Gasteiger partial charge is 0.497 e. The number of carbonyl (C=O) groups excluding carboxylic acids is 2. The zero-order valence-electron chi connectivity index (χ0n) is 19.9. The van der Waals surface area contributed by atoms with Gasteiger partial charge in [-0.2, -0.15) is 10.5 Å². The molecule has 0 radical (unpaired) electrons. The Labute approximate surface area is 210 Å². The summed E-state index contributed by atoms with van der Waals surface area (Å²) in [6.45, 7) is 4.10. The molecule has 6 nitrogen and oxygen atoms in total. The van der Waals surface area contributed by atoms with Gasteiger partial charge in [-0.05, 0) is 54.0 Å². The minimum absolute atomic E-state index is 0.199. The van der Waals surface area contributed by atoms with Gasteiger partial charge in [-0.15, -0.1) is 6.58 Å². The molecule has 1 spiro atoms. The molecule has 6 heteroatoms. The van der Waals surface area contributed by atoms with E-state index in [-0.39, 0.29) is 29.6 Å². The van der Waals surface area contributed by atoms with E-state index in [0.717, 1.165) is 5.56 Å². The van der Waals surface area contributed by atoms with Gasteiger partial charge in [-0.25, -0.2) is 0 Å². The van der Waals surface area contributed by atoms with Crippen LogP contribution in [0.25, 0.3) is 0 Å². The van der Waals surface area contributed by atoms with Crippen molar-refractivity contribution in [2.75, 3.05) is 12.0 Å². The molecule has 3 aliphatic carbocycles. The van der Waals surface area contributed by atoms with Gasteiger partial charge in [0, 0.05) is 11.3 Å². The van der Waals surface area contributed by atoms with Crippen molar-refractivity contribution in [3.63, 3.8) is 0 Å². The van der Waals surface area contributed by atoms with Crippen molar-refractivity contribution >= 4 is 17.5 Å². The number of ether oxygens (including phenoxy) is 1. The second-order valence-electron chi connectivity index (χ2n) is 10.3. The number of amides is 2. The number of carbonyl (C=O) groups is 2. The molecule has 1 unspecified atom stereocenters. The lowest BCUT2D eigenvalue weighted by Gasteiger charge is -2.43. The predicted octanol–water partition coefficient (Wildman–Crippen LogP) is 4.63. The number of hydrogen-bond donors (Lipinski definition) is 0. The summed E-state index contributed by atoms with van der Waals surface area (Å²) in [7, 11) is 1.59. The van der Waals surface area contributed by atoms with Crippen LogP contribution in [-0.2, 0) is 9.59 Å². The predicted molar refractivity (Wildman–Crippen MR) is 132 cm³/mol. The summed E-state index contributed by atoms with van der Waals surface area (Å²) in [5.74, 6) is -2.02. The molecule has 7 atom stereocenters. The number of fused-ring (bicyclic) bond motifs is 3. The van der Waals surface area contributed by atoms with Crippen LogP contribution in [0.15, 0.2) is 79.4 Å². The third-order valence-corrected chi connectivity index (χ3v) is 9.18. The second-order valence-corrected chi connectivity index (χ2v) is 10.3. The fraction of sp³-hybridized carbons (Fsp3) is 0.333. The summed E-state index contributed by atoms with van der Waals surface area (Å²) in [4.78, 5) is 29.0. The Morgan fingerprint density at radius 1 is 0.972 bits per heavy atom. The van der Waals surface area contributed by atoms with Gasteiger partial charge < -0.3 is 4.74 Å². The fourth-order valence-corrected chi connectivity index (χ4v) is 8.02. The zero-order valence-corrected chi connectivity index (χ0v) is 19.9. The first-order valence-electron chi connectivity index (χ1n) is 12.2. The quantitative estimate of drug-likeness (QED) is 0.475. The van der Waals surface area contributed by atoms with Crippen molar-refractivity contribution in [1.29, 1.82) is 10.5 Å². The van der Waals surface area contributed by atoms with Crippen molar-refractivity contribution in [3.8, 4) is 17.9 Å². The number of methoxy groups -OCH3 is 1. The van der Waals surface area contributed by atoms with E-state index >= 15 is 0 Å². The highest BCUT2D eigenvalue weighted by molar-refractivity contribution is 6.23. The maximum Gasteiger partial charge on any atom is 0.238 e. The van der Waals surface area contributed by atoms with E-state index in [1.807, 2.05) is 48.5 Å². The molecule has 2 saturated carbocycles. The first kappa shape index (κ1) is 22.3. The van der Waals surface area contributed by atoms with E-state index < -0.39 is 28.6 Å². The van der Waals surface area contributed by atoms with Crippen LogP contribution in [0.3, 0.4) is 0 Å². The molecule has 36 heavy (non-hydrogen) atoms. The third-order valence-electron chi connectivity index (χ3n) is 9.18. The first-order valence-corrected chi connectivity index (χ1v) is 12.2. The maximum atomic E-state index is 13.8. The summed E-state index contributed by atoms with van der Waals surface area (Å²) >= 11 is 0. The molecule has 178 valence electrons. The molecule has 6 rings (SSSR count). The van der Waals surface area contributed by atoms with Crippen molar-refractivity contribution < 1.29 is 14.3 Å². The van der Waals surface area contributed by atoms with E-state index in [4.69, 9.17) is 4.74 Å². The fourth-order valence-electron chi connectivity index (χ4n) is 8.02. The smallest absolute Gasteiger partial charge is 0.238 e. The summed E-state index contributed by atoms with van der Waals surface area (Å²) in [5.41, 5.74) is -0.538. The lowest BCUT2D eigenvalue weighted by Crippen LogP contribution is -2.44. The summed E-state index contributed by atoms with van der Waals surface area (Å²) in [5, 5.41) is 20.8. The van der Waals surface area contributed by atoms with Crippen LogP contribution in [0.4, 0.5) is 5.69 Å². The van der Waals surface area contributed by atoms with Crippen LogP contribution in [-0.4, -0.2) is 18.9 Å². The average molecular weight is 476 g/mol. The number of para-hydroxylation sites is 1. The maximum absolute atomic E-state index is 13.8. The van der Waals surface area contributed by atoms with Gasteiger partial charge in [0.2, 0.25) is 11.8 Å². The number of rotatable bonds is 4. The molecule has 1 heterocycles. The number of nitriles is 2. The highest BCUT2D eigenvalue weighted by Crippen LogP contribution is 2.77. The van der Waals surface area contributed by atoms with E-state index in [1.165, 1.54) is 4.90 Å². The average Bonchev–Trinajstić information content (AvgIpc) is 3.61. The minimum atomic E-state index is -1.31. The number of benzene rings is 2. The highest BCUT2D eigenvalue weighted by Gasteiger charge is 2.78. The summed E-state index contributed by atoms with van der Waals surface area (Å²) < 4.78 is 5.34. The van der Waals surface area contributed by atoms with Gasteiger partial charge in [0.25, 0.3) is 0 Å². The SMILES string of the molecule is C=C[C@@H]1CC(C#N)(C#N)[C@@H](c2ccc(OC)cc2)C12[C@@H]1C=C[C@H]2[C@H]2C(=O)N(c3ccccc3)C(=O)[C@H]21. The molecular weight excluding hydrogens is 450 g/mol. The molecule has 1 saturated heterocycles. The lowest BCUT2D eigenvalue weighted by atomic mass is 9.58. The van der Waals surface area contributed by atoms with Crippen LogP contribution in [0.1, 0.15) is 17.9 Å². The summed E-state index contributed by atoms with van der Waals surface area (Å²) in [6, 6.07) is 21.3. The highest BCUT2D eigenvalue weighted by atomic mass is 16.5. The Morgan fingerprint density at radius 2 is 1.56 bits per heavy atom. The van der Waals surface area contributed by atoms with Crippen LogP contribution in [0, 0.1) is 63.1 Å². The zero-order chi connectivity index (χ0) is 25.2. The van der Waals surface area contributed by atoms with Crippen LogP contribution >= 0.6 is 0 Å². The van der Waals surface area contributed by atoms with Crippen LogP contribution < -0.4 is 9.64 Å². The molecule has 0 N–H and O–H groups in total. The number of anilines is 1. The van der Waals surface area contributed by atoms with E-state index in [2.05, 4.69) is 30.9 Å². The molecule has 2 amide bonds. The van der Waals surface area contributed by atoms with E-state index in [0.29, 0.717) is 17.9 Å². The topological polar surface area (TPSA) is 94.2 Å². The van der Waals surface area contributed by atoms with Crippen molar-refractivity contribution in [2.24, 2.45) is 40.4 Å². The molecule has 2 aromatic rings. The third kappa shape index (κ3) is 2.49. The molecular formula is C30H25N3O3. The number of imide groups is 1. The van der Waals surface area contributed by atoms with Crippen LogP contribution in [0.5, 0.6) is 5.75 Å². The molecule has 0 aromatic heterocycles. The van der Waals surface area contributed by atoms with Gasteiger partial charge in [-0.3, -0.25) is 14.5 Å². The van der Waals surface area contributed by atoms with Crippen molar-refractivity contribution in [3.05, 3.63) is 85.0 Å². The Bertz CT molecular complexity index is 1340. The van der Waals surface area contributed by atoms with Gasteiger partial charge in [0.05, 0.1) is 36.8 Å². The molecule has 3 fully saturated rings. The van der Waals surface area contributed by atoms with Gasteiger partial charge >= 0.3 is 0 Å². The normalized spacial score (nSPS) is 35.0. The van der Waals surface area contributed by atoms with Gasteiger partial charge in [-0.1, -0.05) is 48.6 Å². The molecule has 4 aliphatic rings. The lowest BCUT2D eigenvalue weighted by molar-refractivity contribution is -0.124. The van der Waals surface area contributed by atoms with Gasteiger partial charge in [0.1, 0.15) is 5.75 Å². The van der Waals surface area contributed by atoms with Gasteiger partial charge in [0.15, 0.2) is 5.41 Å². The minimum Gasteiger partial charge on any atom is -0.497 e. The standard InChI is InChI=1S/C30H25N3O3/c1-3-19-15-29(16-31,17-32)26(18-9-11-21(36-2)12-10-18)30(19)22-13-14-23(30)25-24(22)27(34)33(28(25)35)20-7-5-4-6-8-20/h3-14,19,22-26H,1,15H2,2H3/t19-,22-,23+,24+,25-,26-,30?/m1/s1. The van der Waals surface area contributed by atoms with Crippen molar-refractivity contribution in [2.45, 2.75) is 12.3 Å². The molecule has 2 bridgehead atoms.